The molecule has 1 saturated heterocycles. The summed E-state index contributed by atoms with van der Waals surface area (Å²) in [5, 5.41) is 2.88. The Kier molecular flexibility index (Phi) is 6.02. The van der Waals surface area contributed by atoms with Crippen molar-refractivity contribution in [2.75, 3.05) is 32.7 Å². The van der Waals surface area contributed by atoms with Crippen LogP contribution in [0, 0.1) is 13.8 Å². The topological polar surface area (TPSA) is 52.7 Å². The minimum Gasteiger partial charge on any atom is -0.339 e. The molecule has 2 rings (SSSR count). The average molecular weight is 317 g/mol. The molecule has 1 N–H and O–H groups in total. The molecule has 0 radical (unpaired) electrons. The van der Waals surface area contributed by atoms with E-state index in [-0.39, 0.29) is 11.9 Å². The third kappa shape index (κ3) is 4.71. The van der Waals surface area contributed by atoms with Gasteiger partial charge in [0.05, 0.1) is 6.42 Å². The molecule has 1 aliphatic rings. The predicted molar refractivity (Wildman–Crippen MR) is 91.5 cm³/mol. The van der Waals surface area contributed by atoms with Gasteiger partial charge in [-0.1, -0.05) is 30.7 Å². The lowest BCUT2D eigenvalue weighted by Gasteiger charge is -2.34. The molecule has 23 heavy (non-hydrogen) atoms. The van der Waals surface area contributed by atoms with Crippen molar-refractivity contribution in [3.63, 3.8) is 0 Å². The van der Waals surface area contributed by atoms with Crippen LogP contribution in [0.2, 0.25) is 0 Å². The maximum atomic E-state index is 12.5. The largest absolute Gasteiger partial charge is 0.339 e. The normalized spacial score (nSPS) is 14.7. The summed E-state index contributed by atoms with van der Waals surface area (Å²) >= 11 is 0. The quantitative estimate of drug-likeness (QED) is 0.925. The van der Waals surface area contributed by atoms with E-state index in [0.717, 1.165) is 17.5 Å². The Bertz CT molecular complexity index is 563. The van der Waals surface area contributed by atoms with Crippen molar-refractivity contribution < 1.29 is 9.59 Å². The number of benzene rings is 1. The van der Waals surface area contributed by atoms with Crippen molar-refractivity contribution in [1.29, 1.82) is 0 Å². The number of hydrogen-bond donors (Lipinski definition) is 1. The van der Waals surface area contributed by atoms with Crippen LogP contribution in [0.3, 0.4) is 0 Å². The van der Waals surface area contributed by atoms with Gasteiger partial charge in [-0.3, -0.25) is 4.79 Å². The minimum absolute atomic E-state index is 0.0201. The van der Waals surface area contributed by atoms with Crippen molar-refractivity contribution in [3.8, 4) is 0 Å². The zero-order valence-corrected chi connectivity index (χ0v) is 14.4. The molecule has 0 atom stereocenters. The number of nitrogens with one attached hydrogen (secondary N) is 1. The van der Waals surface area contributed by atoms with E-state index < -0.39 is 0 Å². The Morgan fingerprint density at radius 2 is 1.74 bits per heavy atom. The van der Waals surface area contributed by atoms with E-state index in [0.29, 0.717) is 39.1 Å². The Morgan fingerprint density at radius 3 is 2.35 bits per heavy atom. The van der Waals surface area contributed by atoms with Crippen LogP contribution < -0.4 is 5.32 Å². The van der Waals surface area contributed by atoms with Gasteiger partial charge in [0, 0.05) is 32.7 Å². The number of carbonyl (C=O) groups excluding carboxylic acids is 2. The highest BCUT2D eigenvalue weighted by Crippen LogP contribution is 2.13. The third-order valence-corrected chi connectivity index (χ3v) is 4.29. The van der Waals surface area contributed by atoms with E-state index >= 15 is 0 Å². The van der Waals surface area contributed by atoms with Gasteiger partial charge in [0.1, 0.15) is 0 Å². The summed E-state index contributed by atoms with van der Waals surface area (Å²) in [6, 6.07) is 6.18. The molecule has 0 spiro atoms. The number of carbonyl (C=O) groups is 2. The number of aryl methyl sites for hydroxylation is 2. The molecule has 0 aliphatic carbocycles. The lowest BCUT2D eigenvalue weighted by Crippen LogP contribution is -2.53. The van der Waals surface area contributed by atoms with E-state index in [1.165, 1.54) is 5.56 Å². The zero-order chi connectivity index (χ0) is 16.8. The van der Waals surface area contributed by atoms with Crippen molar-refractivity contribution in [3.05, 3.63) is 34.9 Å². The Morgan fingerprint density at radius 1 is 1.09 bits per heavy atom. The second-order valence-electron chi connectivity index (χ2n) is 6.21. The molecule has 0 saturated carbocycles. The summed E-state index contributed by atoms with van der Waals surface area (Å²) in [6.45, 7) is 9.27. The van der Waals surface area contributed by atoms with E-state index in [9.17, 15) is 9.59 Å². The first-order valence-corrected chi connectivity index (χ1v) is 8.38. The number of hydrogen-bond acceptors (Lipinski definition) is 2. The van der Waals surface area contributed by atoms with Crippen molar-refractivity contribution in [2.24, 2.45) is 0 Å². The van der Waals surface area contributed by atoms with Gasteiger partial charge in [0.2, 0.25) is 5.91 Å². The predicted octanol–water partition coefficient (Wildman–Crippen LogP) is 2.11. The summed E-state index contributed by atoms with van der Waals surface area (Å²) in [7, 11) is 0. The Balaban J connectivity index is 1.85. The number of amides is 3. The zero-order valence-electron chi connectivity index (χ0n) is 14.4. The highest BCUT2D eigenvalue weighted by atomic mass is 16.2. The fraction of sp³-hybridized carbons (Fsp3) is 0.556. The number of nitrogens with zero attached hydrogens (tertiary/aromatic N) is 2. The molecule has 0 unspecified atom stereocenters. The van der Waals surface area contributed by atoms with Crippen LogP contribution in [0.25, 0.3) is 0 Å². The van der Waals surface area contributed by atoms with Gasteiger partial charge in [0.15, 0.2) is 0 Å². The summed E-state index contributed by atoms with van der Waals surface area (Å²) in [6.07, 6.45) is 1.37. The molecule has 5 nitrogen and oxygen atoms in total. The van der Waals surface area contributed by atoms with Gasteiger partial charge in [-0.15, -0.1) is 0 Å². The maximum absolute atomic E-state index is 12.5. The SMILES string of the molecule is CCCNC(=O)N1CCN(C(=O)Cc2ccc(C)cc2C)CC1. The molecule has 3 amide bonds. The van der Waals surface area contributed by atoms with Gasteiger partial charge in [-0.05, 0) is 31.4 Å². The molecule has 126 valence electrons. The maximum Gasteiger partial charge on any atom is 0.317 e. The van der Waals surface area contributed by atoms with E-state index in [1.54, 1.807) is 4.90 Å². The van der Waals surface area contributed by atoms with Crippen LogP contribution in [0.5, 0.6) is 0 Å². The van der Waals surface area contributed by atoms with Crippen LogP contribution in [0.4, 0.5) is 4.79 Å². The van der Waals surface area contributed by atoms with E-state index in [2.05, 4.69) is 18.3 Å². The van der Waals surface area contributed by atoms with Crippen LogP contribution >= 0.6 is 0 Å². The second kappa shape index (κ2) is 7.99. The van der Waals surface area contributed by atoms with E-state index in [1.807, 2.05) is 30.9 Å². The first-order valence-electron chi connectivity index (χ1n) is 8.38. The highest BCUT2D eigenvalue weighted by Gasteiger charge is 2.24. The summed E-state index contributed by atoms with van der Waals surface area (Å²) in [5.74, 6) is 0.144. The molecule has 1 heterocycles. The van der Waals surface area contributed by atoms with Gasteiger partial charge < -0.3 is 15.1 Å². The molecule has 1 aromatic carbocycles. The molecule has 5 heteroatoms. The van der Waals surface area contributed by atoms with Gasteiger partial charge in [-0.25, -0.2) is 4.79 Å². The van der Waals surface area contributed by atoms with E-state index in [4.69, 9.17) is 0 Å². The average Bonchev–Trinajstić information content (AvgIpc) is 2.55. The van der Waals surface area contributed by atoms with Crippen LogP contribution in [0.15, 0.2) is 18.2 Å². The molecule has 0 aromatic heterocycles. The number of rotatable bonds is 4. The van der Waals surface area contributed by atoms with Crippen molar-refractivity contribution in [2.45, 2.75) is 33.6 Å². The monoisotopic (exact) mass is 317 g/mol. The Labute approximate surface area is 138 Å². The summed E-state index contributed by atoms with van der Waals surface area (Å²) in [5.41, 5.74) is 3.46. The Hall–Kier alpha value is -2.04. The van der Waals surface area contributed by atoms with Crippen LogP contribution in [-0.4, -0.2) is 54.5 Å². The summed E-state index contributed by atoms with van der Waals surface area (Å²) in [4.78, 5) is 28.0. The van der Waals surface area contributed by atoms with Gasteiger partial charge >= 0.3 is 6.03 Å². The van der Waals surface area contributed by atoms with Crippen molar-refractivity contribution >= 4 is 11.9 Å². The first-order chi connectivity index (χ1) is 11.0. The molecule has 1 aromatic rings. The van der Waals surface area contributed by atoms with Crippen LogP contribution in [0.1, 0.15) is 30.0 Å². The lowest BCUT2D eigenvalue weighted by atomic mass is 10.0. The standard InChI is InChI=1S/C18H27N3O2/c1-4-7-19-18(23)21-10-8-20(9-11-21)17(22)13-16-6-5-14(2)12-15(16)3/h5-6,12H,4,7-11,13H2,1-3H3,(H,19,23). The smallest absolute Gasteiger partial charge is 0.317 e. The number of urea groups is 1. The molecular weight excluding hydrogens is 290 g/mol. The van der Waals surface area contributed by atoms with Crippen molar-refractivity contribution in [1.82, 2.24) is 15.1 Å². The molecule has 1 fully saturated rings. The van der Waals surface area contributed by atoms with Gasteiger partial charge in [-0.2, -0.15) is 0 Å². The lowest BCUT2D eigenvalue weighted by molar-refractivity contribution is -0.131. The van der Waals surface area contributed by atoms with Gasteiger partial charge in [0.25, 0.3) is 0 Å². The first kappa shape index (κ1) is 17.3. The summed E-state index contributed by atoms with van der Waals surface area (Å²) < 4.78 is 0. The molecule has 0 bridgehead atoms. The molecule has 1 aliphatic heterocycles. The number of piperazine rings is 1. The second-order valence-corrected chi connectivity index (χ2v) is 6.21. The fourth-order valence-corrected chi connectivity index (χ4v) is 2.82. The third-order valence-electron chi connectivity index (χ3n) is 4.29. The fourth-order valence-electron chi connectivity index (χ4n) is 2.82. The minimum atomic E-state index is -0.0201. The van der Waals surface area contributed by atoms with Crippen LogP contribution in [-0.2, 0) is 11.2 Å². The molecular formula is C18H27N3O2. The highest BCUT2D eigenvalue weighted by molar-refractivity contribution is 5.80.